The Morgan fingerprint density at radius 2 is 1.00 bits per heavy atom. The van der Waals surface area contributed by atoms with E-state index >= 15 is 0 Å². The number of carbonyl (C=O) groups excluding carboxylic acids is 1. The molecule has 3 unspecified atom stereocenters. The zero-order valence-electron chi connectivity index (χ0n) is 39.2. The lowest BCUT2D eigenvalue weighted by Gasteiger charge is -2.29. The molecule has 59 heavy (non-hydrogen) atoms. The van der Waals surface area contributed by atoms with E-state index in [1.165, 1.54) is 148 Å². The van der Waals surface area contributed by atoms with E-state index in [0.29, 0.717) is 17.4 Å². The van der Waals surface area contributed by atoms with Gasteiger partial charge in [-0.1, -0.05) is 191 Å². The van der Waals surface area contributed by atoms with Gasteiger partial charge in [0.1, 0.15) is 13.2 Å². The van der Waals surface area contributed by atoms with Gasteiger partial charge in [0.05, 0.1) is 39.9 Å². The van der Waals surface area contributed by atoms with Crippen molar-refractivity contribution < 1.29 is 32.9 Å². The van der Waals surface area contributed by atoms with Crippen LogP contribution in [0.2, 0.25) is 0 Å². The van der Waals surface area contributed by atoms with Crippen LogP contribution in [0.3, 0.4) is 0 Å². The molecule has 0 aromatic heterocycles. The van der Waals surface area contributed by atoms with Gasteiger partial charge in [-0.25, -0.2) is 0 Å². The molecular formula is C50H95N2O6P. The average Bonchev–Trinajstić information content (AvgIpc) is 3.19. The van der Waals surface area contributed by atoms with Crippen LogP contribution in [0.25, 0.3) is 0 Å². The Labute approximate surface area is 365 Å². The van der Waals surface area contributed by atoms with Crippen LogP contribution in [0.15, 0.2) is 48.6 Å². The summed E-state index contributed by atoms with van der Waals surface area (Å²) >= 11 is 0. The van der Waals surface area contributed by atoms with E-state index in [1.54, 1.807) is 6.08 Å². The van der Waals surface area contributed by atoms with Crippen molar-refractivity contribution in [3.63, 3.8) is 0 Å². The van der Waals surface area contributed by atoms with Crippen molar-refractivity contribution in [3.8, 4) is 0 Å². The van der Waals surface area contributed by atoms with Crippen molar-refractivity contribution in [2.75, 3.05) is 40.9 Å². The molecule has 0 aliphatic carbocycles. The molecule has 0 fully saturated rings. The van der Waals surface area contributed by atoms with Crippen molar-refractivity contribution in [2.45, 2.75) is 225 Å². The number of nitrogens with zero attached hydrogens (tertiary/aromatic N) is 1. The van der Waals surface area contributed by atoms with Crippen LogP contribution in [0.5, 0.6) is 0 Å². The number of aliphatic hydroxyl groups is 1. The first-order valence-electron chi connectivity index (χ1n) is 24.5. The molecule has 0 aromatic carbocycles. The molecule has 3 atom stereocenters. The van der Waals surface area contributed by atoms with Crippen LogP contribution in [-0.2, 0) is 18.4 Å². The van der Waals surface area contributed by atoms with Crippen molar-refractivity contribution in [3.05, 3.63) is 48.6 Å². The fourth-order valence-corrected chi connectivity index (χ4v) is 7.57. The van der Waals surface area contributed by atoms with Gasteiger partial charge in [0.2, 0.25) is 5.91 Å². The number of phosphoric acid groups is 1. The summed E-state index contributed by atoms with van der Waals surface area (Å²) in [6.07, 6.45) is 53.0. The number of likely N-dealkylation sites (N-methyl/N-ethyl adjacent to an activating group) is 1. The molecule has 0 radical (unpaired) electrons. The molecule has 0 aromatic rings. The number of hydrogen-bond donors (Lipinski definition) is 2. The van der Waals surface area contributed by atoms with E-state index in [9.17, 15) is 19.4 Å². The topological polar surface area (TPSA) is 108 Å². The van der Waals surface area contributed by atoms with Gasteiger partial charge in [-0.2, -0.15) is 0 Å². The van der Waals surface area contributed by atoms with Crippen LogP contribution >= 0.6 is 7.82 Å². The van der Waals surface area contributed by atoms with E-state index in [2.05, 4.69) is 55.6 Å². The normalized spacial score (nSPS) is 14.6. The first-order valence-corrected chi connectivity index (χ1v) is 26.0. The number of carbonyl (C=O) groups is 1. The van der Waals surface area contributed by atoms with E-state index < -0.39 is 26.6 Å². The highest BCUT2D eigenvalue weighted by Gasteiger charge is 2.23. The van der Waals surface area contributed by atoms with Gasteiger partial charge in [0.25, 0.3) is 7.82 Å². The smallest absolute Gasteiger partial charge is 0.268 e. The Bertz CT molecular complexity index is 1100. The lowest BCUT2D eigenvalue weighted by molar-refractivity contribution is -0.870. The number of aliphatic hydroxyl groups excluding tert-OH is 1. The molecule has 0 bridgehead atoms. The molecule has 0 saturated heterocycles. The number of allylic oxidation sites excluding steroid dienone is 7. The van der Waals surface area contributed by atoms with E-state index in [4.69, 9.17) is 9.05 Å². The molecule has 1 amide bonds. The molecule has 0 aliphatic rings. The summed E-state index contributed by atoms with van der Waals surface area (Å²) in [6.45, 7) is 4.61. The van der Waals surface area contributed by atoms with Crippen molar-refractivity contribution in [1.82, 2.24) is 5.32 Å². The quantitative estimate of drug-likeness (QED) is 0.0274. The zero-order chi connectivity index (χ0) is 43.6. The molecule has 0 aliphatic heterocycles. The molecule has 9 heteroatoms. The van der Waals surface area contributed by atoms with Crippen LogP contribution in [0.1, 0.15) is 213 Å². The van der Waals surface area contributed by atoms with Gasteiger partial charge in [-0.05, 0) is 64.2 Å². The summed E-state index contributed by atoms with van der Waals surface area (Å²) in [6, 6.07) is -0.905. The highest BCUT2D eigenvalue weighted by Crippen LogP contribution is 2.38. The van der Waals surface area contributed by atoms with Crippen molar-refractivity contribution in [2.24, 2.45) is 0 Å². The minimum absolute atomic E-state index is 0.00822. The summed E-state index contributed by atoms with van der Waals surface area (Å²) in [7, 11) is 1.24. The van der Waals surface area contributed by atoms with E-state index in [-0.39, 0.29) is 12.5 Å². The number of unbranched alkanes of at least 4 members (excludes halogenated alkanes) is 25. The number of rotatable bonds is 44. The maximum atomic E-state index is 12.9. The SMILES string of the molecule is CCCCCCC/C=C\C/C=C\CCCCCCCCCCCC(=O)NC(COP(=O)([O-])OCC[N+](C)(C)C)C(O)/C=C/CC/C=C/CCCCCCCCCCCC. The Balaban J connectivity index is 4.38. The Morgan fingerprint density at radius 1 is 0.593 bits per heavy atom. The summed E-state index contributed by atoms with van der Waals surface area (Å²) in [5.74, 6) is -0.212. The lowest BCUT2D eigenvalue weighted by atomic mass is 10.1. The maximum Gasteiger partial charge on any atom is 0.268 e. The maximum absolute atomic E-state index is 12.9. The number of nitrogens with one attached hydrogen (secondary N) is 1. The standard InChI is InChI=1S/C50H95N2O6P/c1-6-8-10-12-14-16-18-20-22-24-25-26-27-28-30-32-34-36-38-40-42-44-50(54)51-48(47-58-59(55,56)57-46-45-52(3,4)5)49(53)43-41-39-37-35-33-31-29-23-21-19-17-15-13-11-9-7-2/h18,20,24-25,33,35,41,43,48-49,53H,6-17,19,21-23,26-32,34,36-40,42,44-47H2,1-5H3,(H-,51,54,55,56)/b20-18-,25-24-,35-33+,43-41+. The molecule has 0 spiro atoms. The molecule has 8 nitrogen and oxygen atoms in total. The van der Waals surface area contributed by atoms with Gasteiger partial charge in [-0.15, -0.1) is 0 Å². The second kappa shape index (κ2) is 41.8. The highest BCUT2D eigenvalue weighted by atomic mass is 31.2. The Kier molecular flexibility index (Phi) is 40.7. The monoisotopic (exact) mass is 851 g/mol. The molecule has 0 saturated carbocycles. The van der Waals surface area contributed by atoms with Crippen LogP contribution < -0.4 is 10.2 Å². The van der Waals surface area contributed by atoms with E-state index in [0.717, 1.165) is 44.9 Å². The number of quaternary nitrogens is 1. The number of phosphoric ester groups is 1. The van der Waals surface area contributed by atoms with Gasteiger partial charge < -0.3 is 28.8 Å². The summed E-state index contributed by atoms with van der Waals surface area (Å²) in [5, 5.41) is 13.8. The third-order valence-electron chi connectivity index (χ3n) is 10.8. The number of hydrogen-bond acceptors (Lipinski definition) is 6. The van der Waals surface area contributed by atoms with Gasteiger partial charge >= 0.3 is 0 Å². The number of amides is 1. The van der Waals surface area contributed by atoms with Gasteiger partial charge in [-0.3, -0.25) is 9.36 Å². The predicted octanol–water partition coefficient (Wildman–Crippen LogP) is 13.4. The minimum Gasteiger partial charge on any atom is -0.756 e. The summed E-state index contributed by atoms with van der Waals surface area (Å²) < 4.78 is 23.2. The van der Waals surface area contributed by atoms with Gasteiger partial charge in [0, 0.05) is 6.42 Å². The summed E-state index contributed by atoms with van der Waals surface area (Å²) in [4.78, 5) is 25.4. The van der Waals surface area contributed by atoms with Crippen LogP contribution in [-0.4, -0.2) is 68.5 Å². The predicted molar refractivity (Wildman–Crippen MR) is 251 cm³/mol. The largest absolute Gasteiger partial charge is 0.756 e. The molecule has 0 rings (SSSR count). The summed E-state index contributed by atoms with van der Waals surface area (Å²) in [5.41, 5.74) is 0. The van der Waals surface area contributed by atoms with Crippen molar-refractivity contribution in [1.29, 1.82) is 0 Å². The zero-order valence-corrected chi connectivity index (χ0v) is 40.1. The van der Waals surface area contributed by atoms with Crippen LogP contribution in [0.4, 0.5) is 0 Å². The second-order valence-electron chi connectivity index (χ2n) is 17.8. The van der Waals surface area contributed by atoms with Gasteiger partial charge in [0.15, 0.2) is 0 Å². The lowest BCUT2D eigenvalue weighted by Crippen LogP contribution is -2.45. The average molecular weight is 851 g/mol. The Hall–Kier alpha value is -1.54. The fraction of sp³-hybridized carbons (Fsp3) is 0.820. The molecule has 0 heterocycles. The van der Waals surface area contributed by atoms with Crippen molar-refractivity contribution >= 4 is 13.7 Å². The highest BCUT2D eigenvalue weighted by molar-refractivity contribution is 7.45. The Morgan fingerprint density at radius 3 is 1.47 bits per heavy atom. The molecule has 346 valence electrons. The van der Waals surface area contributed by atoms with E-state index in [1.807, 2.05) is 27.2 Å². The molecule has 2 N–H and O–H groups in total. The first kappa shape index (κ1) is 57.5. The second-order valence-corrected chi connectivity index (χ2v) is 19.2. The first-order chi connectivity index (χ1) is 28.5. The van der Waals surface area contributed by atoms with Crippen LogP contribution in [0, 0.1) is 0 Å². The fourth-order valence-electron chi connectivity index (χ4n) is 6.85. The minimum atomic E-state index is -4.60. The molecular weight excluding hydrogens is 756 g/mol. The third kappa shape index (κ3) is 44.3. The third-order valence-corrected chi connectivity index (χ3v) is 11.7.